The summed E-state index contributed by atoms with van der Waals surface area (Å²) in [5.41, 5.74) is 0.780. The lowest BCUT2D eigenvalue weighted by atomic mass is 9.78. The number of nitrogens with zero attached hydrogens (tertiary/aromatic N) is 1. The molecule has 0 radical (unpaired) electrons. The van der Waals surface area contributed by atoms with Gasteiger partial charge in [-0.3, -0.25) is 0 Å². The lowest BCUT2D eigenvalue weighted by molar-refractivity contribution is -0.915. The maximum Gasteiger partial charge on any atom is 0.514 e. The second-order valence-electron chi connectivity index (χ2n) is 9.45. The molecule has 0 bridgehead atoms. The molecule has 1 saturated heterocycles. The third-order valence-electron chi connectivity index (χ3n) is 7.24. The molecule has 1 amide bonds. The van der Waals surface area contributed by atoms with Gasteiger partial charge in [0.1, 0.15) is 11.6 Å². The normalized spacial score (nSPS) is 22.3. The molecule has 6 heteroatoms. The summed E-state index contributed by atoms with van der Waals surface area (Å²) in [6, 6.07) is 7.77. The summed E-state index contributed by atoms with van der Waals surface area (Å²) < 4.78 is 12.1. The third-order valence-corrected chi connectivity index (χ3v) is 7.24. The molecule has 2 rings (SSSR count). The van der Waals surface area contributed by atoms with Gasteiger partial charge in [0, 0.05) is 5.56 Å². The highest BCUT2D eigenvalue weighted by Gasteiger charge is 2.52. The molecule has 1 aromatic carbocycles. The molecule has 0 saturated carbocycles. The lowest BCUT2D eigenvalue weighted by Gasteiger charge is -2.46. The maximum atomic E-state index is 12.2. The first-order valence-corrected chi connectivity index (χ1v) is 9.75. The van der Waals surface area contributed by atoms with E-state index in [1.807, 2.05) is 79.7 Å². The number of carbonyl (C=O) groups is 1. The Morgan fingerprint density at radius 1 is 1.15 bits per heavy atom. The van der Waals surface area contributed by atoms with Gasteiger partial charge in [0.05, 0.1) is 18.2 Å². The number of hydrogen-bond donors (Lipinski definition) is 1. The Balaban J connectivity index is 2.31. The van der Waals surface area contributed by atoms with Crippen LogP contribution in [0.3, 0.4) is 0 Å². The van der Waals surface area contributed by atoms with Gasteiger partial charge in [0.25, 0.3) is 0 Å². The molecular weight excluding hydrogens is 341 g/mol. The van der Waals surface area contributed by atoms with Crippen molar-refractivity contribution in [2.75, 3.05) is 7.05 Å². The third kappa shape index (κ3) is 3.55. The largest absolute Gasteiger partial charge is 0.514 e. The second kappa shape index (κ2) is 6.91. The van der Waals surface area contributed by atoms with E-state index in [0.29, 0.717) is 0 Å². The zero-order valence-electron chi connectivity index (χ0n) is 18.3. The SMILES string of the molecule is CCC(C)(C)[N+](C)(C(=O)O)[C@H](C)c1ccc(B2OC(C)(C)C(C)(C)O2)cc1. The van der Waals surface area contributed by atoms with Crippen LogP contribution in [0.15, 0.2) is 24.3 Å². The highest BCUT2D eigenvalue weighted by molar-refractivity contribution is 6.62. The summed E-state index contributed by atoms with van der Waals surface area (Å²) in [7, 11) is 1.39. The number of quaternary nitrogens is 1. The molecule has 5 nitrogen and oxygen atoms in total. The van der Waals surface area contributed by atoms with Crippen molar-refractivity contribution < 1.29 is 23.7 Å². The molecule has 1 aromatic rings. The van der Waals surface area contributed by atoms with Crippen LogP contribution in [0.4, 0.5) is 4.79 Å². The minimum absolute atomic E-state index is 0.0701. The molecule has 1 unspecified atom stereocenters. The van der Waals surface area contributed by atoms with Crippen LogP contribution in [-0.2, 0) is 9.31 Å². The second-order valence-corrected chi connectivity index (χ2v) is 9.45. The first kappa shape index (κ1) is 21.9. The highest BCUT2D eigenvalue weighted by atomic mass is 16.7. The van der Waals surface area contributed by atoms with Crippen LogP contribution in [0, 0.1) is 0 Å². The zero-order chi connectivity index (χ0) is 20.8. The summed E-state index contributed by atoms with van der Waals surface area (Å²) >= 11 is 0. The average Bonchev–Trinajstić information content (AvgIpc) is 2.81. The molecule has 0 aliphatic carbocycles. The Labute approximate surface area is 164 Å². The van der Waals surface area contributed by atoms with Gasteiger partial charge in [-0.1, -0.05) is 31.2 Å². The Kier molecular flexibility index (Phi) is 5.61. The summed E-state index contributed by atoms with van der Waals surface area (Å²) in [4.78, 5) is 12.2. The monoisotopic (exact) mass is 376 g/mol. The summed E-state index contributed by atoms with van der Waals surface area (Å²) in [6.07, 6.45) is -0.0454. The molecule has 1 heterocycles. The van der Waals surface area contributed by atoms with Crippen molar-refractivity contribution >= 4 is 18.7 Å². The number of amides is 1. The quantitative estimate of drug-likeness (QED) is 0.613. The Bertz CT molecular complexity index is 683. The number of rotatable bonds is 5. The zero-order valence-corrected chi connectivity index (χ0v) is 18.3. The number of benzene rings is 1. The van der Waals surface area contributed by atoms with Gasteiger partial charge < -0.3 is 14.4 Å². The van der Waals surface area contributed by atoms with Crippen molar-refractivity contribution in [1.29, 1.82) is 0 Å². The Morgan fingerprint density at radius 3 is 1.96 bits per heavy atom. The van der Waals surface area contributed by atoms with Crippen LogP contribution in [0.5, 0.6) is 0 Å². The number of carboxylic acid groups (broad SMARTS) is 1. The standard InChI is InChI=1S/C21H34BNO4/c1-10-19(3,4)23(9,18(24)25)15(2)16-11-13-17(14-12-16)22-26-20(5,6)21(7,8)27-22/h11-15H,10H2,1-9H3/p+1/t15-,23?/m1/s1. The van der Waals surface area contributed by atoms with Gasteiger partial charge in [-0.15, -0.1) is 0 Å². The van der Waals surface area contributed by atoms with E-state index in [4.69, 9.17) is 9.31 Å². The van der Waals surface area contributed by atoms with E-state index in [9.17, 15) is 9.90 Å². The predicted octanol–water partition coefficient (Wildman–Crippen LogP) is 4.36. The number of hydrogen-bond acceptors (Lipinski definition) is 3. The fourth-order valence-corrected chi connectivity index (χ4v) is 3.49. The fourth-order valence-electron chi connectivity index (χ4n) is 3.49. The summed E-state index contributed by atoms with van der Waals surface area (Å²) in [5.74, 6) is 0. The van der Waals surface area contributed by atoms with E-state index < -0.39 is 18.8 Å². The highest BCUT2D eigenvalue weighted by Crippen LogP contribution is 2.38. The first-order chi connectivity index (χ1) is 12.2. The first-order valence-electron chi connectivity index (χ1n) is 9.75. The van der Waals surface area contributed by atoms with E-state index in [-0.39, 0.29) is 21.7 Å². The summed E-state index contributed by atoms with van der Waals surface area (Å²) in [5, 5.41) is 10.0. The van der Waals surface area contributed by atoms with Gasteiger partial charge in [-0.25, -0.2) is 4.48 Å². The maximum absolute atomic E-state index is 12.2. The molecule has 2 atom stereocenters. The average molecular weight is 376 g/mol. The molecule has 27 heavy (non-hydrogen) atoms. The van der Waals surface area contributed by atoms with Gasteiger partial charge in [0.15, 0.2) is 0 Å². The molecule has 1 aliphatic heterocycles. The minimum atomic E-state index is -0.815. The molecule has 1 fully saturated rings. The van der Waals surface area contributed by atoms with Crippen LogP contribution >= 0.6 is 0 Å². The minimum Gasteiger partial charge on any atom is -0.435 e. The van der Waals surface area contributed by atoms with E-state index in [2.05, 4.69) is 0 Å². The van der Waals surface area contributed by atoms with E-state index >= 15 is 0 Å². The van der Waals surface area contributed by atoms with E-state index in [0.717, 1.165) is 17.4 Å². The van der Waals surface area contributed by atoms with Gasteiger partial charge >= 0.3 is 13.2 Å². The van der Waals surface area contributed by atoms with Crippen LogP contribution in [0.1, 0.15) is 73.4 Å². The smallest absolute Gasteiger partial charge is 0.435 e. The fraction of sp³-hybridized carbons (Fsp3) is 0.667. The van der Waals surface area contributed by atoms with Crippen molar-refractivity contribution in [1.82, 2.24) is 0 Å². The Hall–Kier alpha value is -1.37. The van der Waals surface area contributed by atoms with Gasteiger partial charge in [0.2, 0.25) is 0 Å². The molecule has 150 valence electrons. The van der Waals surface area contributed by atoms with Crippen LogP contribution in [0.25, 0.3) is 0 Å². The van der Waals surface area contributed by atoms with Gasteiger partial charge in [-0.2, -0.15) is 4.79 Å². The summed E-state index contributed by atoms with van der Waals surface area (Å²) in [6.45, 7) is 16.2. The lowest BCUT2D eigenvalue weighted by Crippen LogP contribution is -2.62. The van der Waals surface area contributed by atoms with Crippen molar-refractivity contribution in [3.63, 3.8) is 0 Å². The van der Waals surface area contributed by atoms with Crippen molar-refractivity contribution in [2.24, 2.45) is 0 Å². The van der Waals surface area contributed by atoms with Crippen LogP contribution < -0.4 is 5.46 Å². The van der Waals surface area contributed by atoms with Crippen LogP contribution in [0.2, 0.25) is 0 Å². The van der Waals surface area contributed by atoms with Crippen LogP contribution in [-0.4, -0.2) is 46.6 Å². The predicted molar refractivity (Wildman–Crippen MR) is 109 cm³/mol. The molecule has 0 aromatic heterocycles. The van der Waals surface area contributed by atoms with Crippen molar-refractivity contribution in [2.45, 2.75) is 84.6 Å². The molecule has 1 aliphatic rings. The molecule has 1 N–H and O–H groups in total. The van der Waals surface area contributed by atoms with Gasteiger partial charge in [-0.05, 0) is 60.3 Å². The van der Waals surface area contributed by atoms with E-state index in [1.165, 1.54) is 0 Å². The topological polar surface area (TPSA) is 55.8 Å². The Morgan fingerprint density at radius 2 is 1.59 bits per heavy atom. The van der Waals surface area contributed by atoms with E-state index in [1.54, 1.807) is 7.05 Å². The van der Waals surface area contributed by atoms with Crippen molar-refractivity contribution in [3.05, 3.63) is 29.8 Å². The van der Waals surface area contributed by atoms with Crippen molar-refractivity contribution in [3.8, 4) is 0 Å². The molecular formula is C21H35BNO4+. The molecule has 0 spiro atoms.